The Morgan fingerprint density at radius 2 is 2.14 bits per heavy atom. The molecule has 0 aliphatic heterocycles. The van der Waals surface area contributed by atoms with Gasteiger partial charge in [0.2, 0.25) is 0 Å². The summed E-state index contributed by atoms with van der Waals surface area (Å²) in [5.41, 5.74) is 1.60. The van der Waals surface area contributed by atoms with E-state index >= 15 is 0 Å². The van der Waals surface area contributed by atoms with Gasteiger partial charge >= 0.3 is 0 Å². The van der Waals surface area contributed by atoms with Crippen molar-refractivity contribution >= 4 is 26.7 Å². The average molecular weight is 247 g/mol. The minimum atomic E-state index is 0.479. The topological polar surface area (TPSA) is 36.7 Å². The largest absolute Gasteiger partial charge is 0.245 e. The Hall–Kier alpha value is -1.40. The molecule has 2 rings (SSSR count). The first-order valence-electron chi connectivity index (χ1n) is 4.17. The third-order valence-electron chi connectivity index (χ3n) is 2.08. The summed E-state index contributed by atoms with van der Waals surface area (Å²) in [6.07, 6.45) is 1.65. The van der Waals surface area contributed by atoms with E-state index in [1.165, 1.54) is 0 Å². The molecule has 0 aliphatic rings. The van der Waals surface area contributed by atoms with Crippen LogP contribution in [0.1, 0.15) is 11.3 Å². The molecule has 0 saturated carbocycles. The van der Waals surface area contributed by atoms with Gasteiger partial charge in [-0.3, -0.25) is 0 Å². The number of hydrogen-bond donors (Lipinski definition) is 0. The molecule has 0 fully saturated rings. The van der Waals surface area contributed by atoms with Crippen molar-refractivity contribution in [3.8, 4) is 6.07 Å². The smallest absolute Gasteiger partial charge is 0.148 e. The van der Waals surface area contributed by atoms with E-state index in [4.69, 9.17) is 5.26 Å². The molecule has 68 valence electrons. The van der Waals surface area contributed by atoms with Crippen LogP contribution in [-0.4, -0.2) is 4.98 Å². The van der Waals surface area contributed by atoms with Crippen molar-refractivity contribution in [3.63, 3.8) is 0 Å². The molecule has 0 radical (unpaired) electrons. The molecule has 0 N–H and O–H groups in total. The van der Waals surface area contributed by atoms with Crippen molar-refractivity contribution in [1.82, 2.24) is 4.98 Å². The number of aromatic nitrogens is 1. The number of rotatable bonds is 0. The first-order chi connectivity index (χ1) is 6.72. The van der Waals surface area contributed by atoms with Crippen LogP contribution in [0.5, 0.6) is 0 Å². The second-order valence-electron chi connectivity index (χ2n) is 3.11. The zero-order valence-electron chi connectivity index (χ0n) is 7.58. The Kier molecular flexibility index (Phi) is 2.22. The maximum Gasteiger partial charge on any atom is 0.148 e. The minimum Gasteiger partial charge on any atom is -0.245 e. The summed E-state index contributed by atoms with van der Waals surface area (Å²) in [7, 11) is 0. The molecule has 2 aromatic rings. The van der Waals surface area contributed by atoms with E-state index in [1.54, 1.807) is 6.20 Å². The molecule has 0 saturated heterocycles. The highest BCUT2D eigenvalue weighted by Crippen LogP contribution is 2.26. The lowest BCUT2D eigenvalue weighted by molar-refractivity contribution is 1.29. The second kappa shape index (κ2) is 3.39. The van der Waals surface area contributed by atoms with E-state index in [0.29, 0.717) is 5.69 Å². The van der Waals surface area contributed by atoms with Gasteiger partial charge in [-0.2, -0.15) is 5.26 Å². The van der Waals surface area contributed by atoms with Crippen LogP contribution in [0.4, 0.5) is 0 Å². The number of hydrogen-bond acceptors (Lipinski definition) is 2. The Morgan fingerprint density at radius 3 is 2.86 bits per heavy atom. The van der Waals surface area contributed by atoms with Crippen LogP contribution >= 0.6 is 15.9 Å². The van der Waals surface area contributed by atoms with Crippen LogP contribution in [0.2, 0.25) is 0 Å². The molecule has 3 heteroatoms. The van der Waals surface area contributed by atoms with Gasteiger partial charge < -0.3 is 0 Å². The fourth-order valence-corrected chi connectivity index (χ4v) is 2.17. The monoisotopic (exact) mass is 246 g/mol. The molecule has 1 aromatic carbocycles. The molecule has 0 aliphatic carbocycles. The lowest BCUT2D eigenvalue weighted by Crippen LogP contribution is -1.86. The van der Waals surface area contributed by atoms with Crippen molar-refractivity contribution in [2.24, 2.45) is 0 Å². The van der Waals surface area contributed by atoms with Crippen LogP contribution in [0, 0.1) is 18.3 Å². The standard InChI is InChI=1S/C11H7BrN2/c1-7-4-9-8(10(12)5-7)2-3-14-11(9)6-13/h2-5H,1H3. The quantitative estimate of drug-likeness (QED) is 0.716. The van der Waals surface area contributed by atoms with E-state index in [9.17, 15) is 0 Å². The predicted octanol–water partition coefficient (Wildman–Crippen LogP) is 3.18. The summed E-state index contributed by atoms with van der Waals surface area (Å²) in [4.78, 5) is 4.03. The number of fused-ring (bicyclic) bond motifs is 1. The van der Waals surface area contributed by atoms with Crippen LogP contribution in [0.3, 0.4) is 0 Å². The van der Waals surface area contributed by atoms with E-state index in [0.717, 1.165) is 20.8 Å². The van der Waals surface area contributed by atoms with E-state index in [-0.39, 0.29) is 0 Å². The molecule has 0 bridgehead atoms. The highest BCUT2D eigenvalue weighted by atomic mass is 79.9. The SMILES string of the molecule is Cc1cc(Br)c2ccnc(C#N)c2c1. The lowest BCUT2D eigenvalue weighted by Gasteiger charge is -2.03. The lowest BCUT2D eigenvalue weighted by atomic mass is 10.1. The first kappa shape index (κ1) is 9.17. The Bertz CT molecular complexity index is 541. The third kappa shape index (κ3) is 1.38. The summed E-state index contributed by atoms with van der Waals surface area (Å²) >= 11 is 3.47. The summed E-state index contributed by atoms with van der Waals surface area (Å²) < 4.78 is 1.01. The van der Waals surface area contributed by atoms with Gasteiger partial charge in [-0.25, -0.2) is 4.98 Å². The van der Waals surface area contributed by atoms with E-state index in [1.807, 2.05) is 25.1 Å². The van der Waals surface area contributed by atoms with Gasteiger partial charge in [0.1, 0.15) is 11.8 Å². The van der Waals surface area contributed by atoms with Gasteiger partial charge in [0.25, 0.3) is 0 Å². The Morgan fingerprint density at radius 1 is 1.36 bits per heavy atom. The van der Waals surface area contributed by atoms with Crippen molar-refractivity contribution in [3.05, 3.63) is 40.1 Å². The molecule has 14 heavy (non-hydrogen) atoms. The number of nitrogens with zero attached hydrogens (tertiary/aromatic N) is 2. The van der Waals surface area contributed by atoms with Crippen molar-refractivity contribution in [2.75, 3.05) is 0 Å². The fraction of sp³-hybridized carbons (Fsp3) is 0.0909. The molecular weight excluding hydrogens is 240 g/mol. The molecule has 0 amide bonds. The molecule has 0 atom stereocenters. The maximum atomic E-state index is 8.89. The summed E-state index contributed by atoms with van der Waals surface area (Å²) in [6.45, 7) is 2.00. The van der Waals surface area contributed by atoms with Gasteiger partial charge in [-0.15, -0.1) is 0 Å². The molecule has 0 spiro atoms. The van der Waals surface area contributed by atoms with Gasteiger partial charge in [0.05, 0.1) is 0 Å². The Balaban J connectivity index is 2.95. The molecule has 2 nitrogen and oxygen atoms in total. The van der Waals surface area contributed by atoms with Gasteiger partial charge in [-0.1, -0.05) is 15.9 Å². The number of nitriles is 1. The number of halogens is 1. The number of benzene rings is 1. The average Bonchev–Trinajstić information content (AvgIpc) is 2.17. The van der Waals surface area contributed by atoms with E-state index < -0.39 is 0 Å². The maximum absolute atomic E-state index is 8.89. The summed E-state index contributed by atoms with van der Waals surface area (Å²) in [5.74, 6) is 0. The Labute approximate surface area is 90.3 Å². The van der Waals surface area contributed by atoms with E-state index in [2.05, 4.69) is 27.0 Å². The molecular formula is C11H7BrN2. The first-order valence-corrected chi connectivity index (χ1v) is 4.96. The second-order valence-corrected chi connectivity index (χ2v) is 3.97. The molecule has 1 aromatic heterocycles. The number of pyridine rings is 1. The van der Waals surface area contributed by atoms with Crippen molar-refractivity contribution in [2.45, 2.75) is 6.92 Å². The normalized spacial score (nSPS) is 10.1. The van der Waals surface area contributed by atoms with Crippen LogP contribution in [0.15, 0.2) is 28.9 Å². The zero-order chi connectivity index (χ0) is 10.1. The zero-order valence-corrected chi connectivity index (χ0v) is 9.17. The summed E-state index contributed by atoms with van der Waals surface area (Å²) in [5, 5.41) is 10.8. The molecule has 1 heterocycles. The van der Waals surface area contributed by atoms with Gasteiger partial charge in [-0.05, 0) is 30.7 Å². The third-order valence-corrected chi connectivity index (χ3v) is 2.74. The minimum absolute atomic E-state index is 0.479. The fourth-order valence-electron chi connectivity index (χ4n) is 1.46. The molecule has 0 unspecified atom stereocenters. The van der Waals surface area contributed by atoms with Crippen LogP contribution in [0.25, 0.3) is 10.8 Å². The number of aryl methyl sites for hydroxylation is 1. The highest BCUT2D eigenvalue weighted by Gasteiger charge is 2.04. The van der Waals surface area contributed by atoms with Crippen molar-refractivity contribution < 1.29 is 0 Å². The predicted molar refractivity (Wildman–Crippen MR) is 58.9 cm³/mol. The van der Waals surface area contributed by atoms with Crippen molar-refractivity contribution in [1.29, 1.82) is 5.26 Å². The summed E-state index contributed by atoms with van der Waals surface area (Å²) in [6, 6.07) is 8.00. The van der Waals surface area contributed by atoms with Gasteiger partial charge in [0, 0.05) is 21.4 Å². The van der Waals surface area contributed by atoms with Crippen LogP contribution < -0.4 is 0 Å². The highest BCUT2D eigenvalue weighted by molar-refractivity contribution is 9.10. The van der Waals surface area contributed by atoms with Gasteiger partial charge in [0.15, 0.2) is 0 Å². The van der Waals surface area contributed by atoms with Crippen LogP contribution in [-0.2, 0) is 0 Å².